The van der Waals surface area contributed by atoms with Gasteiger partial charge in [0.15, 0.2) is 0 Å². The Morgan fingerprint density at radius 2 is 1.74 bits per heavy atom. The van der Waals surface area contributed by atoms with Crippen molar-refractivity contribution in [2.45, 2.75) is 82.7 Å². The summed E-state index contributed by atoms with van der Waals surface area (Å²) in [6.07, 6.45) is 14.3. The second-order valence-corrected chi connectivity index (χ2v) is 7.40. The summed E-state index contributed by atoms with van der Waals surface area (Å²) in [5.41, 5.74) is 6.68. The van der Waals surface area contributed by atoms with Crippen LogP contribution in [0.5, 0.6) is 0 Å². The lowest BCUT2D eigenvalue weighted by molar-refractivity contribution is -0.0120. The zero-order valence-electron chi connectivity index (χ0n) is 12.7. The van der Waals surface area contributed by atoms with E-state index in [0.717, 1.165) is 24.4 Å². The summed E-state index contributed by atoms with van der Waals surface area (Å²) < 4.78 is 0. The molecule has 2 heteroatoms. The highest BCUT2D eigenvalue weighted by molar-refractivity contribution is 5.04. The topological polar surface area (TPSA) is 29.3 Å². The van der Waals surface area contributed by atoms with E-state index in [1.807, 2.05) is 0 Å². The fourth-order valence-corrected chi connectivity index (χ4v) is 5.42. The van der Waals surface area contributed by atoms with Crippen molar-refractivity contribution in [3.05, 3.63) is 0 Å². The molecule has 0 aromatic heterocycles. The first-order chi connectivity index (χ1) is 9.28. The van der Waals surface area contributed by atoms with Crippen molar-refractivity contribution in [1.82, 2.24) is 4.90 Å². The normalized spacial score (nSPS) is 42.0. The van der Waals surface area contributed by atoms with Crippen LogP contribution in [0.1, 0.15) is 71.1 Å². The van der Waals surface area contributed by atoms with Gasteiger partial charge in [-0.15, -0.1) is 0 Å². The third kappa shape index (κ3) is 2.35. The van der Waals surface area contributed by atoms with Crippen LogP contribution in [0.15, 0.2) is 0 Å². The molecule has 3 aliphatic rings. The van der Waals surface area contributed by atoms with Crippen molar-refractivity contribution in [3.8, 4) is 0 Å². The van der Waals surface area contributed by atoms with Gasteiger partial charge in [-0.25, -0.2) is 0 Å². The van der Waals surface area contributed by atoms with Gasteiger partial charge in [0.05, 0.1) is 0 Å². The monoisotopic (exact) mass is 264 g/mol. The van der Waals surface area contributed by atoms with E-state index in [-0.39, 0.29) is 0 Å². The molecule has 3 unspecified atom stereocenters. The highest BCUT2D eigenvalue weighted by atomic mass is 15.3. The predicted molar refractivity (Wildman–Crippen MR) is 81.1 cm³/mol. The summed E-state index contributed by atoms with van der Waals surface area (Å²) in [4.78, 5) is 2.91. The quantitative estimate of drug-likeness (QED) is 0.844. The molecule has 3 atom stereocenters. The minimum absolute atomic E-state index is 0.349. The van der Waals surface area contributed by atoms with Crippen molar-refractivity contribution >= 4 is 0 Å². The number of nitrogens with zero attached hydrogens (tertiary/aromatic N) is 1. The molecule has 0 aromatic carbocycles. The van der Waals surface area contributed by atoms with Gasteiger partial charge in [0.1, 0.15) is 0 Å². The molecule has 0 radical (unpaired) electrons. The van der Waals surface area contributed by atoms with Gasteiger partial charge >= 0.3 is 0 Å². The summed E-state index contributed by atoms with van der Waals surface area (Å²) in [6.45, 7) is 4.68. The van der Waals surface area contributed by atoms with E-state index in [2.05, 4.69) is 11.8 Å². The van der Waals surface area contributed by atoms with Crippen LogP contribution in [0, 0.1) is 11.8 Å². The van der Waals surface area contributed by atoms with Crippen LogP contribution in [-0.2, 0) is 0 Å². The molecule has 19 heavy (non-hydrogen) atoms. The maximum Gasteiger partial charge on any atom is 0.0360 e. The molecule has 2 aliphatic carbocycles. The van der Waals surface area contributed by atoms with Gasteiger partial charge < -0.3 is 5.73 Å². The first-order valence-corrected chi connectivity index (χ1v) is 8.75. The molecule has 2 N–H and O–H groups in total. The van der Waals surface area contributed by atoms with E-state index in [9.17, 15) is 0 Å². The van der Waals surface area contributed by atoms with Crippen LogP contribution in [0.2, 0.25) is 0 Å². The zero-order chi connectivity index (χ0) is 13.3. The SMILES string of the molecule is CC1CCCCC1(CN)N1CCCC1C1CCCC1. The van der Waals surface area contributed by atoms with Crippen LogP contribution in [0.3, 0.4) is 0 Å². The van der Waals surface area contributed by atoms with Crippen molar-refractivity contribution in [3.63, 3.8) is 0 Å². The van der Waals surface area contributed by atoms with Crippen molar-refractivity contribution in [1.29, 1.82) is 0 Å². The Morgan fingerprint density at radius 1 is 1.00 bits per heavy atom. The summed E-state index contributed by atoms with van der Waals surface area (Å²) in [5, 5.41) is 0. The van der Waals surface area contributed by atoms with Gasteiger partial charge in [0.2, 0.25) is 0 Å². The lowest BCUT2D eigenvalue weighted by atomic mass is 9.71. The van der Waals surface area contributed by atoms with Crippen molar-refractivity contribution in [2.24, 2.45) is 17.6 Å². The molecule has 110 valence electrons. The standard InChI is InChI=1S/C17H32N2/c1-14-7-4-5-11-17(14,13-18)19-12-6-10-16(19)15-8-2-3-9-15/h14-16H,2-13,18H2,1H3. The van der Waals surface area contributed by atoms with Crippen LogP contribution >= 0.6 is 0 Å². The van der Waals surface area contributed by atoms with E-state index in [1.165, 1.54) is 70.8 Å². The highest BCUT2D eigenvalue weighted by Crippen LogP contribution is 2.45. The molecular weight excluding hydrogens is 232 g/mol. The molecule has 0 aromatic rings. The van der Waals surface area contributed by atoms with Gasteiger partial charge in [-0.2, -0.15) is 0 Å². The van der Waals surface area contributed by atoms with Gasteiger partial charge in [-0.05, 0) is 56.9 Å². The minimum Gasteiger partial charge on any atom is -0.329 e. The number of likely N-dealkylation sites (tertiary alicyclic amines) is 1. The Kier molecular flexibility index (Phi) is 4.19. The molecule has 3 fully saturated rings. The number of rotatable bonds is 3. The largest absolute Gasteiger partial charge is 0.329 e. The highest BCUT2D eigenvalue weighted by Gasteiger charge is 2.48. The number of hydrogen-bond acceptors (Lipinski definition) is 2. The summed E-state index contributed by atoms with van der Waals surface area (Å²) in [5.74, 6) is 1.79. The molecule has 2 saturated carbocycles. The third-order valence-corrected chi connectivity index (χ3v) is 6.58. The Hall–Kier alpha value is -0.0800. The average Bonchev–Trinajstić information content (AvgIpc) is 3.10. The minimum atomic E-state index is 0.349. The maximum atomic E-state index is 6.33. The second-order valence-electron chi connectivity index (χ2n) is 7.40. The molecule has 1 aliphatic heterocycles. The van der Waals surface area contributed by atoms with E-state index < -0.39 is 0 Å². The van der Waals surface area contributed by atoms with Crippen LogP contribution in [-0.4, -0.2) is 29.6 Å². The lowest BCUT2D eigenvalue weighted by Gasteiger charge is -2.52. The molecule has 1 heterocycles. The molecule has 0 bridgehead atoms. The Morgan fingerprint density at radius 3 is 2.42 bits per heavy atom. The summed E-state index contributed by atoms with van der Waals surface area (Å²) in [6, 6.07) is 0.867. The van der Waals surface area contributed by atoms with Crippen molar-refractivity contribution < 1.29 is 0 Å². The summed E-state index contributed by atoms with van der Waals surface area (Å²) >= 11 is 0. The van der Waals surface area contributed by atoms with Gasteiger partial charge in [-0.1, -0.05) is 32.6 Å². The fourth-order valence-electron chi connectivity index (χ4n) is 5.42. The van der Waals surface area contributed by atoms with Gasteiger partial charge in [0.25, 0.3) is 0 Å². The Balaban J connectivity index is 1.80. The van der Waals surface area contributed by atoms with Crippen LogP contribution < -0.4 is 5.73 Å². The Labute approximate surface area is 119 Å². The van der Waals surface area contributed by atoms with Gasteiger partial charge in [0, 0.05) is 18.1 Å². The molecule has 2 nitrogen and oxygen atoms in total. The molecular formula is C17H32N2. The maximum absolute atomic E-state index is 6.33. The first-order valence-electron chi connectivity index (χ1n) is 8.75. The fraction of sp³-hybridized carbons (Fsp3) is 1.00. The first kappa shape index (κ1) is 13.9. The zero-order valence-corrected chi connectivity index (χ0v) is 12.7. The van der Waals surface area contributed by atoms with Crippen LogP contribution in [0.25, 0.3) is 0 Å². The van der Waals surface area contributed by atoms with Gasteiger partial charge in [-0.3, -0.25) is 4.90 Å². The van der Waals surface area contributed by atoms with E-state index in [4.69, 9.17) is 5.73 Å². The molecule has 0 amide bonds. The molecule has 0 spiro atoms. The van der Waals surface area contributed by atoms with Crippen LogP contribution in [0.4, 0.5) is 0 Å². The number of nitrogens with two attached hydrogens (primary N) is 1. The van der Waals surface area contributed by atoms with E-state index in [0.29, 0.717) is 5.54 Å². The number of hydrogen-bond donors (Lipinski definition) is 1. The van der Waals surface area contributed by atoms with E-state index >= 15 is 0 Å². The molecule has 3 rings (SSSR count). The predicted octanol–water partition coefficient (Wildman–Crippen LogP) is 3.55. The second kappa shape index (κ2) is 5.73. The van der Waals surface area contributed by atoms with E-state index in [1.54, 1.807) is 0 Å². The molecule has 1 saturated heterocycles. The summed E-state index contributed by atoms with van der Waals surface area (Å²) in [7, 11) is 0. The smallest absolute Gasteiger partial charge is 0.0360 e. The van der Waals surface area contributed by atoms with Crippen molar-refractivity contribution in [2.75, 3.05) is 13.1 Å². The third-order valence-electron chi connectivity index (χ3n) is 6.58. The average molecular weight is 264 g/mol. The lowest BCUT2D eigenvalue weighted by Crippen LogP contribution is -2.61. The Bertz CT molecular complexity index is 298.